The van der Waals surface area contributed by atoms with Gasteiger partial charge in [-0.25, -0.2) is 0 Å². The first-order valence-corrected chi connectivity index (χ1v) is 6.31. The minimum absolute atomic E-state index is 0.00558. The van der Waals surface area contributed by atoms with Gasteiger partial charge in [0.15, 0.2) is 0 Å². The lowest BCUT2D eigenvalue weighted by molar-refractivity contribution is 0.0898. The number of nitrogens with one attached hydrogen (secondary N) is 1. The third-order valence-electron chi connectivity index (χ3n) is 2.61. The monoisotopic (exact) mass is 266 g/mol. The highest BCUT2D eigenvalue weighted by molar-refractivity contribution is 5.96. The maximum atomic E-state index is 11.8. The van der Waals surface area contributed by atoms with Crippen molar-refractivity contribution in [2.75, 3.05) is 40.4 Å². The number of rotatable bonds is 7. The van der Waals surface area contributed by atoms with Crippen LogP contribution in [0.4, 0.5) is 0 Å². The molecule has 0 saturated carbocycles. The van der Waals surface area contributed by atoms with Crippen LogP contribution in [-0.2, 0) is 4.74 Å². The number of benzene rings is 1. The Kier molecular flexibility index (Phi) is 6.32. The molecule has 106 valence electrons. The maximum absolute atomic E-state index is 11.8. The van der Waals surface area contributed by atoms with E-state index < -0.39 is 0 Å². The molecule has 1 amide bonds. The molecule has 1 aromatic rings. The molecule has 0 bridgehead atoms. The van der Waals surface area contributed by atoms with E-state index in [1.54, 1.807) is 18.2 Å². The SMILES string of the molecule is Cc1ccc(C(=O)NCCOCCN(C)C)c(O)c1. The third-order valence-corrected chi connectivity index (χ3v) is 2.61. The second-order valence-electron chi connectivity index (χ2n) is 4.69. The second kappa shape index (κ2) is 7.76. The number of amides is 1. The molecule has 0 fully saturated rings. The van der Waals surface area contributed by atoms with Crippen LogP contribution >= 0.6 is 0 Å². The summed E-state index contributed by atoms with van der Waals surface area (Å²) in [7, 11) is 3.95. The molecule has 0 aliphatic heterocycles. The highest BCUT2D eigenvalue weighted by Crippen LogP contribution is 2.17. The summed E-state index contributed by atoms with van der Waals surface area (Å²) in [5.74, 6) is -0.278. The molecule has 19 heavy (non-hydrogen) atoms. The Morgan fingerprint density at radius 3 is 2.74 bits per heavy atom. The summed E-state index contributed by atoms with van der Waals surface area (Å²) < 4.78 is 5.36. The fourth-order valence-electron chi connectivity index (χ4n) is 1.51. The number of nitrogens with zero attached hydrogens (tertiary/aromatic N) is 1. The van der Waals surface area contributed by atoms with E-state index in [0.29, 0.717) is 25.3 Å². The Morgan fingerprint density at radius 2 is 2.11 bits per heavy atom. The van der Waals surface area contributed by atoms with Crippen LogP contribution in [0.3, 0.4) is 0 Å². The summed E-state index contributed by atoms with van der Waals surface area (Å²) >= 11 is 0. The van der Waals surface area contributed by atoms with Gasteiger partial charge in [-0.3, -0.25) is 4.79 Å². The molecular formula is C14H22N2O3. The molecular weight excluding hydrogens is 244 g/mol. The Labute approximate surface area is 114 Å². The number of carbonyl (C=O) groups excluding carboxylic acids is 1. The number of hydrogen-bond donors (Lipinski definition) is 2. The molecule has 0 aliphatic carbocycles. The predicted molar refractivity (Wildman–Crippen MR) is 74.6 cm³/mol. The van der Waals surface area contributed by atoms with Crippen molar-refractivity contribution in [1.82, 2.24) is 10.2 Å². The summed E-state index contributed by atoms with van der Waals surface area (Å²) in [5, 5.41) is 12.4. The van der Waals surface area contributed by atoms with Crippen LogP contribution in [0.2, 0.25) is 0 Å². The molecule has 0 saturated heterocycles. The van der Waals surface area contributed by atoms with E-state index in [4.69, 9.17) is 4.74 Å². The van der Waals surface area contributed by atoms with Gasteiger partial charge in [0.2, 0.25) is 0 Å². The molecule has 0 radical (unpaired) electrons. The largest absolute Gasteiger partial charge is 0.507 e. The van der Waals surface area contributed by atoms with E-state index in [9.17, 15) is 9.90 Å². The number of hydrogen-bond acceptors (Lipinski definition) is 4. The van der Waals surface area contributed by atoms with Crippen LogP contribution in [0.25, 0.3) is 0 Å². The number of ether oxygens (including phenoxy) is 1. The van der Waals surface area contributed by atoms with Gasteiger partial charge < -0.3 is 20.1 Å². The fourth-order valence-corrected chi connectivity index (χ4v) is 1.51. The first-order valence-electron chi connectivity index (χ1n) is 6.31. The van der Waals surface area contributed by atoms with Crippen LogP contribution in [0.15, 0.2) is 18.2 Å². The molecule has 2 N–H and O–H groups in total. The number of aromatic hydroxyl groups is 1. The van der Waals surface area contributed by atoms with Gasteiger partial charge in [-0.1, -0.05) is 6.07 Å². The van der Waals surface area contributed by atoms with Crippen molar-refractivity contribution in [3.05, 3.63) is 29.3 Å². The van der Waals surface area contributed by atoms with Crippen LogP contribution in [-0.4, -0.2) is 56.3 Å². The molecule has 0 aliphatic rings. The lowest BCUT2D eigenvalue weighted by Gasteiger charge is -2.10. The number of likely N-dealkylation sites (N-methyl/N-ethyl adjacent to an activating group) is 1. The molecule has 0 unspecified atom stereocenters. The van der Waals surface area contributed by atoms with E-state index >= 15 is 0 Å². The zero-order valence-corrected chi connectivity index (χ0v) is 11.8. The van der Waals surface area contributed by atoms with Crippen molar-refractivity contribution in [3.63, 3.8) is 0 Å². The van der Waals surface area contributed by atoms with Gasteiger partial charge in [0.25, 0.3) is 5.91 Å². The predicted octanol–water partition coefficient (Wildman–Crippen LogP) is 1.01. The molecule has 0 spiro atoms. The van der Waals surface area contributed by atoms with Gasteiger partial charge in [-0.05, 0) is 38.7 Å². The van der Waals surface area contributed by atoms with Gasteiger partial charge in [0.1, 0.15) is 5.75 Å². The molecule has 1 aromatic carbocycles. The molecule has 0 aromatic heterocycles. The van der Waals surface area contributed by atoms with E-state index in [1.165, 1.54) is 0 Å². The maximum Gasteiger partial charge on any atom is 0.255 e. The molecule has 5 heteroatoms. The van der Waals surface area contributed by atoms with Crippen LogP contribution in [0.5, 0.6) is 5.75 Å². The van der Waals surface area contributed by atoms with Crippen molar-refractivity contribution in [2.24, 2.45) is 0 Å². The summed E-state index contributed by atoms with van der Waals surface area (Å²) in [6.07, 6.45) is 0. The molecule has 5 nitrogen and oxygen atoms in total. The highest BCUT2D eigenvalue weighted by Gasteiger charge is 2.09. The summed E-state index contributed by atoms with van der Waals surface area (Å²) in [6.45, 7) is 4.25. The Hall–Kier alpha value is -1.59. The summed E-state index contributed by atoms with van der Waals surface area (Å²) in [5.41, 5.74) is 1.21. The van der Waals surface area contributed by atoms with Gasteiger partial charge in [-0.2, -0.15) is 0 Å². The minimum atomic E-state index is -0.284. The average molecular weight is 266 g/mol. The first kappa shape index (κ1) is 15.5. The third kappa shape index (κ3) is 5.72. The van der Waals surface area contributed by atoms with Crippen LogP contribution in [0.1, 0.15) is 15.9 Å². The smallest absolute Gasteiger partial charge is 0.255 e. The zero-order valence-electron chi connectivity index (χ0n) is 11.8. The van der Waals surface area contributed by atoms with Gasteiger partial charge in [0.05, 0.1) is 18.8 Å². The Balaban J connectivity index is 2.28. The van der Waals surface area contributed by atoms with Crippen molar-refractivity contribution < 1.29 is 14.6 Å². The van der Waals surface area contributed by atoms with Crippen molar-refractivity contribution in [1.29, 1.82) is 0 Å². The lowest BCUT2D eigenvalue weighted by atomic mass is 10.1. The molecule has 1 rings (SSSR count). The topological polar surface area (TPSA) is 61.8 Å². The number of phenols is 1. The average Bonchev–Trinajstić information content (AvgIpc) is 2.32. The Bertz CT molecular complexity index is 419. The van der Waals surface area contributed by atoms with Crippen molar-refractivity contribution in [3.8, 4) is 5.75 Å². The molecule has 0 atom stereocenters. The van der Waals surface area contributed by atoms with Crippen LogP contribution in [0, 0.1) is 6.92 Å². The molecule has 0 heterocycles. The highest BCUT2D eigenvalue weighted by atomic mass is 16.5. The van der Waals surface area contributed by atoms with Crippen molar-refractivity contribution in [2.45, 2.75) is 6.92 Å². The Morgan fingerprint density at radius 1 is 1.37 bits per heavy atom. The van der Waals surface area contributed by atoms with Crippen molar-refractivity contribution >= 4 is 5.91 Å². The van der Waals surface area contributed by atoms with E-state index in [2.05, 4.69) is 5.32 Å². The van der Waals surface area contributed by atoms with Gasteiger partial charge in [-0.15, -0.1) is 0 Å². The van der Waals surface area contributed by atoms with E-state index in [1.807, 2.05) is 25.9 Å². The minimum Gasteiger partial charge on any atom is -0.507 e. The fraction of sp³-hybridized carbons (Fsp3) is 0.500. The number of carbonyl (C=O) groups is 1. The summed E-state index contributed by atoms with van der Waals surface area (Å²) in [6, 6.07) is 4.98. The second-order valence-corrected chi connectivity index (χ2v) is 4.69. The lowest BCUT2D eigenvalue weighted by Crippen LogP contribution is -2.28. The van der Waals surface area contributed by atoms with E-state index in [0.717, 1.165) is 12.1 Å². The van der Waals surface area contributed by atoms with E-state index in [-0.39, 0.29) is 11.7 Å². The van der Waals surface area contributed by atoms with Gasteiger partial charge >= 0.3 is 0 Å². The quantitative estimate of drug-likeness (QED) is 0.723. The standard InChI is InChI=1S/C14H22N2O3/c1-11-4-5-12(13(17)10-11)14(18)15-6-8-19-9-7-16(2)3/h4-5,10,17H,6-9H2,1-3H3,(H,15,18). The first-order chi connectivity index (χ1) is 9.00. The normalized spacial score (nSPS) is 10.7. The number of aryl methyl sites for hydroxylation is 1. The number of phenolic OH excluding ortho intramolecular Hbond substituents is 1. The summed E-state index contributed by atoms with van der Waals surface area (Å²) in [4.78, 5) is 13.8. The zero-order chi connectivity index (χ0) is 14.3. The van der Waals surface area contributed by atoms with Crippen LogP contribution < -0.4 is 5.32 Å². The van der Waals surface area contributed by atoms with Gasteiger partial charge in [0, 0.05) is 13.1 Å².